The smallest absolute Gasteiger partial charge is 0.335 e. The molecule has 13 heteroatoms. The molecule has 0 saturated carbocycles. The molecule has 55 heavy (non-hydrogen) atoms. The van der Waals surface area contributed by atoms with Gasteiger partial charge in [0.15, 0.2) is 0 Å². The fourth-order valence-corrected chi connectivity index (χ4v) is 9.41. The average Bonchev–Trinajstić information content (AvgIpc) is 3.44. The van der Waals surface area contributed by atoms with Crippen LogP contribution in [0.5, 0.6) is 0 Å². The van der Waals surface area contributed by atoms with Gasteiger partial charge in [-0.15, -0.1) is 0 Å². The van der Waals surface area contributed by atoms with Gasteiger partial charge in [-0.2, -0.15) is 26.3 Å². The molecule has 3 atom stereocenters. The van der Waals surface area contributed by atoms with E-state index >= 15 is 0 Å². The van der Waals surface area contributed by atoms with E-state index in [-0.39, 0.29) is 24.6 Å². The van der Waals surface area contributed by atoms with Crippen LogP contribution in [0.2, 0.25) is 10.0 Å². The number of halogens is 8. The number of imidazole rings is 1. The number of amides is 1. The number of alkyl halides is 6. The van der Waals surface area contributed by atoms with Gasteiger partial charge in [-0.25, -0.2) is 4.98 Å². The molecule has 1 aromatic heterocycles. The Bertz CT molecular complexity index is 2200. The number of hydrogen-bond acceptors (Lipinski definition) is 3. The largest absolute Gasteiger partial charge is 0.416 e. The molecule has 5 aromatic rings. The van der Waals surface area contributed by atoms with Crippen molar-refractivity contribution in [3.8, 4) is 0 Å². The van der Waals surface area contributed by atoms with Gasteiger partial charge in [0, 0.05) is 36.7 Å². The van der Waals surface area contributed by atoms with Crippen molar-refractivity contribution in [2.45, 2.75) is 75.4 Å². The second-order valence-corrected chi connectivity index (χ2v) is 15.8. The zero-order valence-corrected chi connectivity index (χ0v) is 31.2. The predicted molar refractivity (Wildman–Crippen MR) is 200 cm³/mol. The number of aryl methyl sites for hydroxylation is 2. The molecule has 0 radical (unpaired) electrons. The van der Waals surface area contributed by atoms with Crippen molar-refractivity contribution in [2.24, 2.45) is 5.92 Å². The summed E-state index contributed by atoms with van der Waals surface area (Å²) in [6, 6.07) is 22.6. The van der Waals surface area contributed by atoms with E-state index < -0.39 is 41.0 Å². The highest BCUT2D eigenvalue weighted by Gasteiger charge is 2.42. The summed E-state index contributed by atoms with van der Waals surface area (Å²) in [7, 11) is 0. The summed E-state index contributed by atoms with van der Waals surface area (Å²) >= 11 is 12.5. The minimum absolute atomic E-state index is 0.0448. The van der Waals surface area contributed by atoms with E-state index in [9.17, 15) is 31.1 Å². The fraction of sp³-hybridized carbons (Fsp3) is 0.381. The molecule has 288 valence electrons. The molecule has 0 N–H and O–H groups in total. The lowest BCUT2D eigenvalue weighted by atomic mass is 9.77. The van der Waals surface area contributed by atoms with Gasteiger partial charge in [0.1, 0.15) is 5.82 Å². The third-order valence-corrected chi connectivity index (χ3v) is 12.5. The number of aromatic nitrogens is 2. The van der Waals surface area contributed by atoms with Gasteiger partial charge < -0.3 is 14.4 Å². The second-order valence-electron chi connectivity index (χ2n) is 15.0. The third kappa shape index (κ3) is 7.59. The van der Waals surface area contributed by atoms with Crippen LogP contribution in [0, 0.1) is 5.92 Å². The van der Waals surface area contributed by atoms with Crippen LogP contribution in [-0.2, 0) is 31.7 Å². The summed E-state index contributed by atoms with van der Waals surface area (Å²) in [5.41, 5.74) is 1.88. The van der Waals surface area contributed by atoms with Crippen molar-refractivity contribution in [1.29, 1.82) is 0 Å². The maximum Gasteiger partial charge on any atom is 0.416 e. The van der Waals surface area contributed by atoms with Gasteiger partial charge in [0.25, 0.3) is 5.91 Å². The molecular weight excluding hydrogens is 761 g/mol. The second kappa shape index (κ2) is 14.8. The van der Waals surface area contributed by atoms with E-state index in [2.05, 4.69) is 51.9 Å². The van der Waals surface area contributed by atoms with Crippen LogP contribution in [0.4, 0.5) is 26.3 Å². The first-order valence-electron chi connectivity index (χ1n) is 18.6. The Hall–Kier alpha value is -4.06. The number of piperidine rings is 2. The van der Waals surface area contributed by atoms with Crippen molar-refractivity contribution in [1.82, 2.24) is 19.4 Å². The minimum Gasteiger partial charge on any atom is -0.335 e. The first kappa shape index (κ1) is 37.8. The lowest BCUT2D eigenvalue weighted by Gasteiger charge is -2.46. The maximum absolute atomic E-state index is 14.0. The minimum atomic E-state index is -5.07. The lowest BCUT2D eigenvalue weighted by Crippen LogP contribution is -2.54. The zero-order valence-electron chi connectivity index (χ0n) is 29.7. The first-order chi connectivity index (χ1) is 26.2. The number of carbonyl (C=O) groups is 1. The highest BCUT2D eigenvalue weighted by molar-refractivity contribution is 6.42. The number of para-hydroxylation sites is 2. The quantitative estimate of drug-likeness (QED) is 0.166. The predicted octanol–water partition coefficient (Wildman–Crippen LogP) is 10.7. The van der Waals surface area contributed by atoms with Gasteiger partial charge in [-0.1, -0.05) is 65.7 Å². The fourth-order valence-electron chi connectivity index (χ4n) is 9.09. The Kier molecular flexibility index (Phi) is 10.2. The van der Waals surface area contributed by atoms with Crippen molar-refractivity contribution in [2.75, 3.05) is 19.6 Å². The number of nitrogens with zero attached hydrogens (tertiary/aromatic N) is 4. The summed E-state index contributed by atoms with van der Waals surface area (Å²) in [5, 5.41) is 0.658. The number of hydrogen-bond donors (Lipinski definition) is 0. The zero-order chi connectivity index (χ0) is 38.6. The normalized spacial score (nSPS) is 21.3. The summed E-state index contributed by atoms with van der Waals surface area (Å²) in [6.07, 6.45) is -6.05. The molecule has 2 saturated heterocycles. The Morgan fingerprint density at radius 3 is 2.16 bits per heavy atom. The van der Waals surface area contributed by atoms with Crippen LogP contribution >= 0.6 is 23.2 Å². The highest BCUT2D eigenvalue weighted by atomic mass is 35.5. The third-order valence-electron chi connectivity index (χ3n) is 11.8. The van der Waals surface area contributed by atoms with E-state index in [1.54, 1.807) is 18.2 Å². The molecule has 8 rings (SSSR count). The Labute approximate surface area is 324 Å². The summed E-state index contributed by atoms with van der Waals surface area (Å²) < 4.78 is 85.0. The summed E-state index contributed by atoms with van der Waals surface area (Å²) in [4.78, 5) is 23.1. The maximum atomic E-state index is 14.0. The van der Waals surface area contributed by atoms with Crippen molar-refractivity contribution >= 4 is 40.1 Å². The van der Waals surface area contributed by atoms with Gasteiger partial charge in [0.2, 0.25) is 0 Å². The monoisotopic (exact) mass is 798 g/mol. The number of fused-ring (bicyclic) bond motifs is 4. The van der Waals surface area contributed by atoms with Gasteiger partial charge in [0.05, 0.1) is 32.2 Å². The molecule has 2 fully saturated rings. The van der Waals surface area contributed by atoms with E-state index in [0.29, 0.717) is 47.4 Å². The van der Waals surface area contributed by atoms with E-state index in [4.69, 9.17) is 28.2 Å². The van der Waals surface area contributed by atoms with E-state index in [1.165, 1.54) is 16.0 Å². The van der Waals surface area contributed by atoms with Crippen LogP contribution in [0.3, 0.4) is 0 Å². The molecule has 5 nitrogen and oxygen atoms in total. The molecule has 0 spiro atoms. The van der Waals surface area contributed by atoms with Crippen molar-refractivity contribution < 1.29 is 31.1 Å². The Balaban J connectivity index is 1.05. The van der Waals surface area contributed by atoms with Crippen LogP contribution < -0.4 is 0 Å². The summed E-state index contributed by atoms with van der Waals surface area (Å²) in [6.45, 7) is 2.65. The number of likely N-dealkylation sites (tertiary alicyclic amines) is 2. The van der Waals surface area contributed by atoms with Crippen LogP contribution in [0.1, 0.15) is 75.6 Å². The van der Waals surface area contributed by atoms with Gasteiger partial charge >= 0.3 is 12.4 Å². The van der Waals surface area contributed by atoms with Gasteiger partial charge in [-0.05, 0) is 117 Å². The van der Waals surface area contributed by atoms with Crippen LogP contribution in [0.25, 0.3) is 11.0 Å². The number of carbonyl (C=O) groups excluding carboxylic acids is 1. The molecule has 0 bridgehead atoms. The molecule has 0 aliphatic carbocycles. The SMILES string of the molecule is O=C(c1cc(C(F)(F)F)cc(C(F)(F)F)c1)N1CCC(N2CCC(C3c4ccccc4CCn4c3nc3ccccc34)CC2)CC1Cc1ccc(Cl)c(Cl)c1. The van der Waals surface area contributed by atoms with E-state index in [0.717, 1.165) is 61.3 Å². The van der Waals surface area contributed by atoms with Crippen LogP contribution in [0.15, 0.2) is 84.9 Å². The van der Waals surface area contributed by atoms with Crippen molar-refractivity contribution in [3.63, 3.8) is 0 Å². The van der Waals surface area contributed by atoms with Gasteiger partial charge in [-0.3, -0.25) is 4.79 Å². The standard InChI is InChI=1S/C42H38Cl2F6N4O/c43-34-10-9-25(20-35(34)44)19-32-24-31(14-18-53(32)40(55)28-21-29(41(45,46)47)23-30(22-28)42(48,49)50)52-15-11-27(12-16-52)38-33-6-2-1-5-26(33)13-17-54-37-8-4-3-7-36(37)51-39(38)54/h1-10,20-23,27,31-32,38H,11-19,24H2. The Morgan fingerprint density at radius 1 is 0.764 bits per heavy atom. The summed E-state index contributed by atoms with van der Waals surface area (Å²) in [5.74, 6) is 0.697. The molecule has 4 heterocycles. The number of benzene rings is 4. The van der Waals surface area contributed by atoms with Crippen LogP contribution in [-0.4, -0.2) is 57.0 Å². The molecular formula is C42H38Cl2F6N4O. The van der Waals surface area contributed by atoms with E-state index in [1.807, 2.05) is 6.07 Å². The average molecular weight is 800 g/mol. The molecule has 3 aliphatic rings. The van der Waals surface area contributed by atoms with Crippen molar-refractivity contribution in [3.05, 3.63) is 134 Å². The first-order valence-corrected chi connectivity index (χ1v) is 19.3. The Morgan fingerprint density at radius 2 is 1.45 bits per heavy atom. The topological polar surface area (TPSA) is 41.4 Å². The molecule has 3 aliphatic heterocycles. The molecule has 1 amide bonds. The lowest BCUT2D eigenvalue weighted by molar-refractivity contribution is -0.143. The highest BCUT2D eigenvalue weighted by Crippen LogP contribution is 2.43. The molecule has 3 unspecified atom stereocenters. The number of rotatable bonds is 5. The molecule has 4 aromatic carbocycles.